The van der Waals surface area contributed by atoms with E-state index >= 15 is 0 Å². The zero-order chi connectivity index (χ0) is 14.0. The van der Waals surface area contributed by atoms with Crippen LogP contribution >= 0.6 is 0 Å². The van der Waals surface area contributed by atoms with Crippen molar-refractivity contribution in [2.75, 3.05) is 18.5 Å². The average molecular weight is 264 g/mol. The molecule has 1 aromatic rings. The zero-order valence-electron chi connectivity index (χ0n) is 11.4. The summed E-state index contributed by atoms with van der Waals surface area (Å²) < 4.78 is 0. The van der Waals surface area contributed by atoms with Crippen LogP contribution in [0.25, 0.3) is 0 Å². The number of likely N-dealkylation sites (N-methyl/N-ethyl adjacent to an activating group) is 1. The van der Waals surface area contributed by atoms with E-state index in [-0.39, 0.29) is 10.6 Å². The van der Waals surface area contributed by atoms with E-state index in [9.17, 15) is 15.2 Å². The summed E-state index contributed by atoms with van der Waals surface area (Å²) in [5.41, 5.74) is 1.09. The van der Waals surface area contributed by atoms with Gasteiger partial charge in [-0.3, -0.25) is 10.1 Å². The molecule has 5 heteroatoms. The lowest BCUT2D eigenvalue weighted by Gasteiger charge is -2.30. The van der Waals surface area contributed by atoms with Crippen LogP contribution in [0.15, 0.2) is 18.2 Å². The van der Waals surface area contributed by atoms with E-state index in [1.54, 1.807) is 12.1 Å². The zero-order valence-corrected chi connectivity index (χ0v) is 11.4. The van der Waals surface area contributed by atoms with Crippen molar-refractivity contribution in [3.05, 3.63) is 33.9 Å². The van der Waals surface area contributed by atoms with E-state index in [0.29, 0.717) is 6.54 Å². The number of aryl methyl sites for hydroxylation is 1. The summed E-state index contributed by atoms with van der Waals surface area (Å²) in [6.45, 7) is 2.36. The van der Waals surface area contributed by atoms with E-state index < -0.39 is 5.60 Å². The van der Waals surface area contributed by atoms with Gasteiger partial charge in [0.2, 0.25) is 0 Å². The van der Waals surface area contributed by atoms with Gasteiger partial charge in [0, 0.05) is 31.4 Å². The van der Waals surface area contributed by atoms with Gasteiger partial charge in [-0.05, 0) is 31.4 Å². The summed E-state index contributed by atoms with van der Waals surface area (Å²) in [5.74, 6) is 0. The quantitative estimate of drug-likeness (QED) is 0.670. The molecule has 1 N–H and O–H groups in total. The minimum Gasteiger partial charge on any atom is -0.388 e. The van der Waals surface area contributed by atoms with Crippen LogP contribution in [0.1, 0.15) is 31.2 Å². The molecule has 0 heterocycles. The highest BCUT2D eigenvalue weighted by atomic mass is 16.6. The predicted molar refractivity (Wildman–Crippen MR) is 74.5 cm³/mol. The Morgan fingerprint density at radius 3 is 2.58 bits per heavy atom. The molecular formula is C14H20N2O3. The van der Waals surface area contributed by atoms with Crippen LogP contribution in [-0.4, -0.2) is 29.2 Å². The number of anilines is 1. The van der Waals surface area contributed by atoms with Gasteiger partial charge >= 0.3 is 0 Å². The van der Waals surface area contributed by atoms with E-state index in [4.69, 9.17) is 0 Å². The molecule has 2 rings (SSSR count). The van der Waals surface area contributed by atoms with Crippen LogP contribution in [0.2, 0.25) is 0 Å². The molecular weight excluding hydrogens is 244 g/mol. The summed E-state index contributed by atoms with van der Waals surface area (Å²) in [6.07, 6.45) is 3.73. The first kappa shape index (κ1) is 13.8. The van der Waals surface area contributed by atoms with Crippen LogP contribution in [0.3, 0.4) is 0 Å². The Balaban J connectivity index is 2.18. The van der Waals surface area contributed by atoms with Crippen molar-refractivity contribution >= 4 is 11.4 Å². The molecule has 0 aliphatic heterocycles. The molecule has 1 saturated carbocycles. The van der Waals surface area contributed by atoms with Crippen molar-refractivity contribution in [2.45, 2.75) is 38.2 Å². The molecule has 104 valence electrons. The summed E-state index contributed by atoms with van der Waals surface area (Å²) in [7, 11) is 1.87. The van der Waals surface area contributed by atoms with Crippen LogP contribution in [0, 0.1) is 17.0 Å². The number of hydrogen-bond acceptors (Lipinski definition) is 4. The molecule has 1 aliphatic carbocycles. The fourth-order valence-electron chi connectivity index (χ4n) is 2.79. The fraction of sp³-hybridized carbons (Fsp3) is 0.571. The van der Waals surface area contributed by atoms with Crippen LogP contribution in [0.5, 0.6) is 0 Å². The third-order valence-electron chi connectivity index (χ3n) is 3.76. The molecule has 0 aromatic heterocycles. The Kier molecular flexibility index (Phi) is 3.75. The van der Waals surface area contributed by atoms with Crippen molar-refractivity contribution in [1.29, 1.82) is 0 Å². The number of rotatable bonds is 4. The largest absolute Gasteiger partial charge is 0.388 e. The number of nitro groups is 1. The number of non-ortho nitro benzene ring substituents is 1. The number of nitrogens with zero attached hydrogens (tertiary/aromatic N) is 2. The third kappa shape index (κ3) is 3.23. The van der Waals surface area contributed by atoms with Gasteiger partial charge in [-0.1, -0.05) is 12.8 Å². The highest BCUT2D eigenvalue weighted by molar-refractivity contribution is 5.55. The SMILES string of the molecule is Cc1cc(N(C)CC2(O)CCCC2)cc([N+](=O)[O-])c1. The average Bonchev–Trinajstić information content (AvgIpc) is 2.74. The summed E-state index contributed by atoms with van der Waals surface area (Å²) in [5, 5.41) is 21.3. The lowest BCUT2D eigenvalue weighted by molar-refractivity contribution is -0.384. The van der Waals surface area contributed by atoms with Crippen molar-refractivity contribution in [1.82, 2.24) is 0 Å². The van der Waals surface area contributed by atoms with E-state index in [1.807, 2.05) is 24.9 Å². The summed E-state index contributed by atoms with van der Waals surface area (Å²) >= 11 is 0. The predicted octanol–water partition coefficient (Wildman–Crippen LogP) is 2.64. The van der Waals surface area contributed by atoms with Crippen molar-refractivity contribution < 1.29 is 10.0 Å². The standard InChI is InChI=1S/C14H20N2O3/c1-11-7-12(9-13(8-11)16(18)19)15(2)10-14(17)5-3-4-6-14/h7-9,17H,3-6,10H2,1-2H3. The number of hydrogen-bond donors (Lipinski definition) is 1. The lowest BCUT2D eigenvalue weighted by atomic mass is 10.0. The molecule has 0 spiro atoms. The Hall–Kier alpha value is -1.62. The summed E-state index contributed by atoms with van der Waals surface area (Å²) in [6, 6.07) is 5.03. The van der Waals surface area contributed by atoms with Gasteiger partial charge in [0.25, 0.3) is 5.69 Å². The molecule has 0 amide bonds. The van der Waals surface area contributed by atoms with Crippen molar-refractivity contribution in [3.63, 3.8) is 0 Å². The van der Waals surface area contributed by atoms with Crippen LogP contribution in [0.4, 0.5) is 11.4 Å². The first-order valence-corrected chi connectivity index (χ1v) is 6.59. The minimum atomic E-state index is -0.646. The van der Waals surface area contributed by atoms with Crippen LogP contribution < -0.4 is 4.90 Å². The molecule has 0 bridgehead atoms. The highest BCUT2D eigenvalue weighted by Gasteiger charge is 2.32. The Bertz CT molecular complexity index is 482. The van der Waals surface area contributed by atoms with Gasteiger partial charge in [0.05, 0.1) is 10.5 Å². The van der Waals surface area contributed by atoms with E-state index in [1.165, 1.54) is 0 Å². The van der Waals surface area contributed by atoms with Gasteiger partial charge in [0.1, 0.15) is 0 Å². The second-order valence-electron chi connectivity index (χ2n) is 5.57. The number of nitro benzene ring substituents is 1. The van der Waals surface area contributed by atoms with Gasteiger partial charge in [-0.15, -0.1) is 0 Å². The Morgan fingerprint density at radius 1 is 1.37 bits per heavy atom. The minimum absolute atomic E-state index is 0.0975. The lowest BCUT2D eigenvalue weighted by Crippen LogP contribution is -2.39. The number of aliphatic hydroxyl groups is 1. The maximum atomic E-state index is 10.9. The Labute approximate surface area is 113 Å². The van der Waals surface area contributed by atoms with E-state index in [0.717, 1.165) is 36.9 Å². The third-order valence-corrected chi connectivity index (χ3v) is 3.76. The number of benzene rings is 1. The molecule has 0 unspecified atom stereocenters. The Morgan fingerprint density at radius 2 is 2.00 bits per heavy atom. The van der Waals surface area contributed by atoms with Crippen molar-refractivity contribution in [2.24, 2.45) is 0 Å². The van der Waals surface area contributed by atoms with Crippen molar-refractivity contribution in [3.8, 4) is 0 Å². The monoisotopic (exact) mass is 264 g/mol. The second kappa shape index (κ2) is 5.17. The molecule has 0 atom stereocenters. The van der Waals surface area contributed by atoms with Gasteiger partial charge in [0.15, 0.2) is 0 Å². The highest BCUT2D eigenvalue weighted by Crippen LogP contribution is 2.32. The molecule has 1 fully saturated rings. The topological polar surface area (TPSA) is 66.6 Å². The molecule has 0 radical (unpaired) electrons. The van der Waals surface area contributed by atoms with Gasteiger partial charge in [-0.2, -0.15) is 0 Å². The maximum absolute atomic E-state index is 10.9. The molecule has 19 heavy (non-hydrogen) atoms. The molecule has 1 aliphatic rings. The fourth-order valence-corrected chi connectivity index (χ4v) is 2.79. The molecule has 1 aromatic carbocycles. The second-order valence-corrected chi connectivity index (χ2v) is 5.57. The summed E-state index contributed by atoms with van der Waals surface area (Å²) in [4.78, 5) is 12.4. The smallest absolute Gasteiger partial charge is 0.271 e. The van der Waals surface area contributed by atoms with Crippen LogP contribution in [-0.2, 0) is 0 Å². The maximum Gasteiger partial charge on any atom is 0.271 e. The normalized spacial score (nSPS) is 17.4. The first-order chi connectivity index (χ1) is 8.89. The molecule has 0 saturated heterocycles. The molecule has 5 nitrogen and oxygen atoms in total. The first-order valence-electron chi connectivity index (χ1n) is 6.59. The van der Waals surface area contributed by atoms with E-state index in [2.05, 4.69) is 0 Å². The van der Waals surface area contributed by atoms with Gasteiger partial charge in [-0.25, -0.2) is 0 Å². The van der Waals surface area contributed by atoms with Gasteiger partial charge < -0.3 is 10.0 Å².